The van der Waals surface area contributed by atoms with Gasteiger partial charge >= 0.3 is 0 Å². The van der Waals surface area contributed by atoms with E-state index in [1.807, 2.05) is 40.0 Å². The zero-order valence-corrected chi connectivity index (χ0v) is 15.8. The number of fused-ring (bicyclic) bond motifs is 1. The number of nitrogens with one attached hydrogen (secondary N) is 2. The average molecular weight is 380 g/mol. The minimum absolute atomic E-state index is 0.0301. The van der Waals surface area contributed by atoms with Crippen molar-refractivity contribution in [2.45, 2.75) is 38.3 Å². The summed E-state index contributed by atoms with van der Waals surface area (Å²) in [6.07, 6.45) is 7.30. The molecular weight excluding hydrogens is 356 g/mol. The van der Waals surface area contributed by atoms with Gasteiger partial charge in [0.2, 0.25) is 11.8 Å². The molecule has 28 heavy (non-hydrogen) atoms. The molecule has 1 saturated heterocycles. The Morgan fingerprint density at radius 2 is 2.07 bits per heavy atom. The zero-order valence-electron chi connectivity index (χ0n) is 15.8. The topological polar surface area (TPSA) is 95.9 Å². The normalized spacial score (nSPS) is 16.2. The van der Waals surface area contributed by atoms with E-state index in [1.165, 1.54) is 13.3 Å². The van der Waals surface area contributed by atoms with Crippen molar-refractivity contribution in [3.63, 3.8) is 0 Å². The first-order valence-electron chi connectivity index (χ1n) is 9.57. The van der Waals surface area contributed by atoms with Crippen LogP contribution in [0.3, 0.4) is 0 Å². The van der Waals surface area contributed by atoms with Crippen molar-refractivity contribution in [1.29, 1.82) is 0 Å². The Morgan fingerprint density at radius 1 is 1.29 bits per heavy atom. The van der Waals surface area contributed by atoms with Gasteiger partial charge in [0, 0.05) is 43.5 Å². The Hall–Kier alpha value is -3.16. The molecule has 0 saturated carbocycles. The van der Waals surface area contributed by atoms with E-state index < -0.39 is 6.04 Å². The largest absolute Gasteiger partial charge is 0.361 e. The Balaban J connectivity index is 1.46. The van der Waals surface area contributed by atoms with Crippen LogP contribution >= 0.6 is 0 Å². The molecule has 2 amide bonds. The highest BCUT2D eigenvalue weighted by Crippen LogP contribution is 2.23. The lowest BCUT2D eigenvalue weighted by Gasteiger charge is -2.34. The quantitative estimate of drug-likeness (QED) is 0.704. The van der Waals surface area contributed by atoms with Crippen LogP contribution in [0, 0.1) is 0 Å². The number of rotatable bonds is 5. The van der Waals surface area contributed by atoms with E-state index in [2.05, 4.69) is 20.4 Å². The Labute approximate surface area is 162 Å². The smallest absolute Gasteiger partial charge is 0.245 e. The molecule has 0 bridgehead atoms. The molecule has 1 unspecified atom stereocenters. The van der Waals surface area contributed by atoms with Gasteiger partial charge in [-0.1, -0.05) is 18.2 Å². The molecule has 1 fully saturated rings. The summed E-state index contributed by atoms with van der Waals surface area (Å²) in [6.45, 7) is 2.74. The molecule has 1 aliphatic heterocycles. The van der Waals surface area contributed by atoms with Crippen LogP contribution in [0.1, 0.15) is 31.4 Å². The maximum atomic E-state index is 13.2. The van der Waals surface area contributed by atoms with E-state index in [0.29, 0.717) is 19.5 Å². The summed E-state index contributed by atoms with van der Waals surface area (Å²) in [4.78, 5) is 34.0. The molecule has 4 rings (SSSR count). The van der Waals surface area contributed by atoms with Crippen molar-refractivity contribution in [3.05, 3.63) is 48.7 Å². The van der Waals surface area contributed by atoms with Crippen LogP contribution in [0.2, 0.25) is 0 Å². The number of H-pyrrole nitrogens is 1. The molecule has 1 atom stereocenters. The fraction of sp³-hybridized carbons (Fsp3) is 0.400. The molecule has 8 heteroatoms. The maximum Gasteiger partial charge on any atom is 0.245 e. The summed E-state index contributed by atoms with van der Waals surface area (Å²) in [6, 6.07) is 7.67. The van der Waals surface area contributed by atoms with Crippen LogP contribution in [0.5, 0.6) is 0 Å². The summed E-state index contributed by atoms with van der Waals surface area (Å²) in [5.74, 6) is -0.229. The molecule has 1 aromatic carbocycles. The van der Waals surface area contributed by atoms with Crippen LogP contribution in [0.15, 0.2) is 43.1 Å². The molecule has 8 nitrogen and oxygen atoms in total. The van der Waals surface area contributed by atoms with Gasteiger partial charge in [0.1, 0.15) is 18.7 Å². The van der Waals surface area contributed by atoms with Crippen molar-refractivity contribution in [2.75, 3.05) is 13.1 Å². The van der Waals surface area contributed by atoms with E-state index in [4.69, 9.17) is 0 Å². The van der Waals surface area contributed by atoms with Crippen molar-refractivity contribution in [3.8, 4) is 0 Å². The summed E-state index contributed by atoms with van der Waals surface area (Å²) >= 11 is 0. The Bertz CT molecular complexity index is 956. The summed E-state index contributed by atoms with van der Waals surface area (Å²) in [5, 5.41) is 8.13. The van der Waals surface area contributed by atoms with E-state index in [9.17, 15) is 9.59 Å². The van der Waals surface area contributed by atoms with Crippen LogP contribution in [-0.4, -0.2) is 55.6 Å². The van der Waals surface area contributed by atoms with E-state index in [1.54, 1.807) is 6.33 Å². The van der Waals surface area contributed by atoms with E-state index in [-0.39, 0.29) is 17.9 Å². The van der Waals surface area contributed by atoms with Gasteiger partial charge in [0.25, 0.3) is 0 Å². The fourth-order valence-electron chi connectivity index (χ4n) is 3.94. The number of carbonyl (C=O) groups excluding carboxylic acids is 2. The molecule has 3 aromatic rings. The first kappa shape index (κ1) is 18.2. The number of aromatic amines is 1. The number of para-hydroxylation sites is 1. The second-order valence-corrected chi connectivity index (χ2v) is 7.25. The predicted molar refractivity (Wildman–Crippen MR) is 104 cm³/mol. The molecular formula is C20H24N6O2. The number of aromatic nitrogens is 4. The van der Waals surface area contributed by atoms with Gasteiger partial charge < -0.3 is 15.2 Å². The number of benzene rings is 1. The lowest BCUT2D eigenvalue weighted by atomic mass is 10.0. The van der Waals surface area contributed by atoms with Crippen molar-refractivity contribution >= 4 is 22.7 Å². The lowest BCUT2D eigenvalue weighted by Crippen LogP contribution is -2.51. The first-order chi connectivity index (χ1) is 13.6. The molecule has 2 aromatic heterocycles. The minimum Gasteiger partial charge on any atom is -0.361 e. The molecule has 3 heterocycles. The number of amides is 2. The highest BCUT2D eigenvalue weighted by molar-refractivity contribution is 5.89. The van der Waals surface area contributed by atoms with Gasteiger partial charge in [0.05, 0.1) is 6.04 Å². The minimum atomic E-state index is -0.570. The predicted octanol–water partition coefficient (Wildman–Crippen LogP) is 1.67. The Kier molecular flexibility index (Phi) is 5.10. The summed E-state index contributed by atoms with van der Waals surface area (Å²) in [7, 11) is 0. The summed E-state index contributed by atoms with van der Waals surface area (Å²) in [5.41, 5.74) is 2.06. The van der Waals surface area contributed by atoms with Gasteiger partial charge in [-0.3, -0.25) is 9.59 Å². The molecule has 1 aliphatic rings. The van der Waals surface area contributed by atoms with E-state index in [0.717, 1.165) is 29.3 Å². The fourth-order valence-corrected chi connectivity index (χ4v) is 3.94. The molecule has 0 spiro atoms. The van der Waals surface area contributed by atoms with Crippen LogP contribution in [0.4, 0.5) is 0 Å². The highest BCUT2D eigenvalue weighted by Gasteiger charge is 2.30. The van der Waals surface area contributed by atoms with Crippen LogP contribution in [-0.2, 0) is 16.0 Å². The number of nitrogens with zero attached hydrogens (tertiary/aromatic N) is 4. The SMILES string of the molecule is CC(=O)NC(Cc1c[nH]c2ccccc12)C(=O)N1CCC(n2cncn2)CC1. The van der Waals surface area contributed by atoms with Gasteiger partial charge in [-0.25, -0.2) is 9.67 Å². The van der Waals surface area contributed by atoms with E-state index >= 15 is 0 Å². The highest BCUT2D eigenvalue weighted by atomic mass is 16.2. The number of hydrogen-bond acceptors (Lipinski definition) is 4. The van der Waals surface area contributed by atoms with Crippen LogP contribution in [0.25, 0.3) is 10.9 Å². The Morgan fingerprint density at radius 3 is 2.79 bits per heavy atom. The number of carbonyl (C=O) groups is 2. The van der Waals surface area contributed by atoms with Gasteiger partial charge in [-0.2, -0.15) is 5.10 Å². The standard InChI is InChI=1S/C20H24N6O2/c1-14(27)24-19(10-15-11-22-18-5-3-2-4-17(15)18)20(28)25-8-6-16(7-9-25)26-13-21-12-23-26/h2-5,11-13,16,19,22H,6-10H2,1H3,(H,24,27). The second kappa shape index (κ2) is 7.84. The molecule has 0 radical (unpaired) electrons. The molecule has 2 N–H and O–H groups in total. The molecule has 0 aliphatic carbocycles. The van der Waals surface area contributed by atoms with Gasteiger partial charge in [-0.15, -0.1) is 0 Å². The number of hydrogen-bond donors (Lipinski definition) is 2. The third-order valence-corrected chi connectivity index (χ3v) is 5.36. The third-order valence-electron chi connectivity index (χ3n) is 5.36. The van der Waals surface area contributed by atoms with Gasteiger partial charge in [-0.05, 0) is 24.5 Å². The van der Waals surface area contributed by atoms with Crippen LogP contribution < -0.4 is 5.32 Å². The average Bonchev–Trinajstić information content (AvgIpc) is 3.37. The summed E-state index contributed by atoms with van der Waals surface area (Å²) < 4.78 is 1.86. The second-order valence-electron chi connectivity index (χ2n) is 7.25. The third kappa shape index (κ3) is 3.76. The zero-order chi connectivity index (χ0) is 19.5. The van der Waals surface area contributed by atoms with Gasteiger partial charge in [0.15, 0.2) is 0 Å². The lowest BCUT2D eigenvalue weighted by molar-refractivity contribution is -0.137. The van der Waals surface area contributed by atoms with Crippen molar-refractivity contribution < 1.29 is 9.59 Å². The van der Waals surface area contributed by atoms with Crippen molar-refractivity contribution in [1.82, 2.24) is 30.0 Å². The first-order valence-corrected chi connectivity index (χ1v) is 9.57. The maximum absolute atomic E-state index is 13.2. The van der Waals surface area contributed by atoms with Crippen molar-refractivity contribution in [2.24, 2.45) is 0 Å². The molecule has 146 valence electrons. The monoisotopic (exact) mass is 380 g/mol. The number of likely N-dealkylation sites (tertiary alicyclic amines) is 1. The number of piperidine rings is 1.